The number of benzene rings is 1. The molecule has 4 nitrogen and oxygen atoms in total. The van der Waals surface area contributed by atoms with Gasteiger partial charge in [0.05, 0.1) is 17.8 Å². The molecule has 19 heavy (non-hydrogen) atoms. The summed E-state index contributed by atoms with van der Waals surface area (Å²) in [5, 5.41) is 13.5. The van der Waals surface area contributed by atoms with Crippen molar-refractivity contribution in [3.8, 4) is 0 Å². The summed E-state index contributed by atoms with van der Waals surface area (Å²) in [4.78, 5) is 10.9. The maximum atomic E-state index is 10.9. The fourth-order valence-corrected chi connectivity index (χ4v) is 2.11. The molecule has 0 amide bonds. The summed E-state index contributed by atoms with van der Waals surface area (Å²) in [6.45, 7) is 8.72. The number of carbonyl (C=O) groups is 1. The van der Waals surface area contributed by atoms with E-state index in [9.17, 15) is 4.79 Å². The van der Waals surface area contributed by atoms with E-state index in [2.05, 4.69) is 18.9 Å². The topological polar surface area (TPSA) is 55.1 Å². The third-order valence-electron chi connectivity index (χ3n) is 3.65. The lowest BCUT2D eigenvalue weighted by atomic mass is 10.1. The Morgan fingerprint density at radius 1 is 1.26 bits per heavy atom. The van der Waals surface area contributed by atoms with E-state index in [4.69, 9.17) is 5.11 Å². The van der Waals surface area contributed by atoms with Crippen molar-refractivity contribution < 1.29 is 9.90 Å². The largest absolute Gasteiger partial charge is 0.478 e. The van der Waals surface area contributed by atoms with Crippen LogP contribution in [0, 0.1) is 27.7 Å². The maximum Gasteiger partial charge on any atom is 0.335 e. The average molecular weight is 258 g/mol. The van der Waals surface area contributed by atoms with Gasteiger partial charge in [0.15, 0.2) is 0 Å². The predicted molar refractivity (Wildman–Crippen MR) is 73.7 cm³/mol. The molecule has 1 aromatic heterocycles. The number of aryl methyl sites for hydroxylation is 2. The number of hydrogen-bond acceptors (Lipinski definition) is 2. The number of hydrogen-bond donors (Lipinski definition) is 1. The Labute approximate surface area is 112 Å². The minimum atomic E-state index is -0.892. The zero-order chi connectivity index (χ0) is 14.2. The first kappa shape index (κ1) is 13.3. The number of rotatable bonds is 3. The van der Waals surface area contributed by atoms with Gasteiger partial charge in [-0.1, -0.05) is 6.07 Å². The van der Waals surface area contributed by atoms with Crippen molar-refractivity contribution >= 4 is 5.97 Å². The van der Waals surface area contributed by atoms with Crippen LogP contribution in [0.15, 0.2) is 18.2 Å². The highest BCUT2D eigenvalue weighted by atomic mass is 16.4. The first-order valence-corrected chi connectivity index (χ1v) is 6.23. The Morgan fingerprint density at radius 2 is 1.95 bits per heavy atom. The fraction of sp³-hybridized carbons (Fsp3) is 0.333. The van der Waals surface area contributed by atoms with Crippen molar-refractivity contribution in [1.29, 1.82) is 0 Å². The van der Waals surface area contributed by atoms with Crippen LogP contribution in [0.3, 0.4) is 0 Å². The lowest BCUT2D eigenvalue weighted by Gasteiger charge is -2.09. The van der Waals surface area contributed by atoms with Crippen molar-refractivity contribution in [3.05, 3.63) is 51.8 Å². The molecule has 0 radical (unpaired) electrons. The van der Waals surface area contributed by atoms with E-state index in [1.807, 2.05) is 24.6 Å². The zero-order valence-corrected chi connectivity index (χ0v) is 11.7. The molecule has 0 aliphatic carbocycles. The van der Waals surface area contributed by atoms with Gasteiger partial charge < -0.3 is 5.11 Å². The summed E-state index contributed by atoms with van der Waals surface area (Å²) in [6.07, 6.45) is 0. The molecule has 0 aliphatic rings. The Kier molecular flexibility index (Phi) is 3.42. The van der Waals surface area contributed by atoms with E-state index in [0.717, 1.165) is 22.5 Å². The van der Waals surface area contributed by atoms with Gasteiger partial charge in [-0.3, -0.25) is 4.68 Å². The molecule has 4 heteroatoms. The van der Waals surface area contributed by atoms with E-state index in [-0.39, 0.29) is 0 Å². The smallest absolute Gasteiger partial charge is 0.335 e. The second kappa shape index (κ2) is 4.88. The molecule has 0 atom stereocenters. The Bertz CT molecular complexity index is 642. The van der Waals surface area contributed by atoms with E-state index < -0.39 is 5.97 Å². The van der Waals surface area contributed by atoms with Crippen LogP contribution in [0.4, 0.5) is 0 Å². The lowest BCUT2D eigenvalue weighted by Crippen LogP contribution is -2.07. The minimum Gasteiger partial charge on any atom is -0.478 e. The molecule has 0 bridgehead atoms. The highest BCUT2D eigenvalue weighted by Gasteiger charge is 2.10. The molecule has 0 unspecified atom stereocenters. The quantitative estimate of drug-likeness (QED) is 0.921. The summed E-state index contributed by atoms with van der Waals surface area (Å²) in [7, 11) is 0. The number of carboxylic acids is 1. The van der Waals surface area contributed by atoms with Gasteiger partial charge in [0.2, 0.25) is 0 Å². The van der Waals surface area contributed by atoms with Crippen molar-refractivity contribution in [3.63, 3.8) is 0 Å². The molecule has 0 saturated heterocycles. The molecular formula is C15H18N2O2. The van der Waals surface area contributed by atoms with Gasteiger partial charge >= 0.3 is 5.97 Å². The summed E-state index contributed by atoms with van der Waals surface area (Å²) >= 11 is 0. The summed E-state index contributed by atoms with van der Waals surface area (Å²) in [5.41, 5.74) is 5.79. The molecule has 1 aromatic carbocycles. The van der Waals surface area contributed by atoms with Crippen LogP contribution >= 0.6 is 0 Å². The Morgan fingerprint density at radius 3 is 2.42 bits per heavy atom. The highest BCUT2D eigenvalue weighted by molar-refractivity contribution is 5.87. The molecule has 1 heterocycles. The van der Waals surface area contributed by atoms with Crippen LogP contribution in [-0.2, 0) is 6.54 Å². The first-order chi connectivity index (χ1) is 8.90. The second-order valence-electron chi connectivity index (χ2n) is 4.90. The van der Waals surface area contributed by atoms with E-state index >= 15 is 0 Å². The zero-order valence-electron chi connectivity index (χ0n) is 11.7. The van der Waals surface area contributed by atoms with Gasteiger partial charge in [0, 0.05) is 5.69 Å². The number of carboxylic acid groups (broad SMARTS) is 1. The second-order valence-corrected chi connectivity index (χ2v) is 4.90. The molecule has 0 aliphatic heterocycles. The monoisotopic (exact) mass is 258 g/mol. The molecule has 100 valence electrons. The van der Waals surface area contributed by atoms with E-state index in [0.29, 0.717) is 12.1 Å². The third-order valence-corrected chi connectivity index (χ3v) is 3.65. The van der Waals surface area contributed by atoms with Crippen LogP contribution in [0.5, 0.6) is 0 Å². The van der Waals surface area contributed by atoms with Crippen molar-refractivity contribution in [1.82, 2.24) is 9.78 Å². The summed E-state index contributed by atoms with van der Waals surface area (Å²) in [5.74, 6) is -0.892. The SMILES string of the molecule is Cc1cc(C(=O)O)ccc1Cn1nc(C)c(C)c1C. The molecule has 1 N–H and O–H groups in total. The summed E-state index contributed by atoms with van der Waals surface area (Å²) < 4.78 is 1.97. The van der Waals surface area contributed by atoms with Gasteiger partial charge in [0.1, 0.15) is 0 Å². The molecular weight excluding hydrogens is 240 g/mol. The first-order valence-electron chi connectivity index (χ1n) is 6.23. The number of nitrogens with zero attached hydrogens (tertiary/aromatic N) is 2. The Balaban J connectivity index is 2.33. The van der Waals surface area contributed by atoms with Crippen molar-refractivity contribution in [2.75, 3.05) is 0 Å². The summed E-state index contributed by atoms with van der Waals surface area (Å²) in [6, 6.07) is 5.21. The van der Waals surface area contributed by atoms with Crippen LogP contribution < -0.4 is 0 Å². The van der Waals surface area contributed by atoms with Crippen molar-refractivity contribution in [2.24, 2.45) is 0 Å². The molecule has 2 aromatic rings. The third kappa shape index (κ3) is 2.52. The normalized spacial score (nSPS) is 10.7. The van der Waals surface area contributed by atoms with Crippen LogP contribution in [0.25, 0.3) is 0 Å². The number of aromatic nitrogens is 2. The standard InChI is InChI=1S/C15H18N2O2/c1-9-7-13(15(18)19)5-6-14(9)8-17-12(4)10(2)11(3)16-17/h5-7H,8H2,1-4H3,(H,18,19). The minimum absolute atomic E-state index is 0.325. The van der Waals surface area contributed by atoms with Gasteiger partial charge in [-0.2, -0.15) is 5.10 Å². The maximum absolute atomic E-state index is 10.9. The van der Waals surface area contributed by atoms with Gasteiger partial charge in [-0.15, -0.1) is 0 Å². The lowest BCUT2D eigenvalue weighted by molar-refractivity contribution is 0.0697. The average Bonchev–Trinajstić information content (AvgIpc) is 2.59. The van der Waals surface area contributed by atoms with Crippen LogP contribution in [0.2, 0.25) is 0 Å². The highest BCUT2D eigenvalue weighted by Crippen LogP contribution is 2.16. The van der Waals surface area contributed by atoms with E-state index in [1.165, 1.54) is 5.56 Å². The van der Waals surface area contributed by atoms with Crippen LogP contribution in [-0.4, -0.2) is 20.9 Å². The predicted octanol–water partition coefficient (Wildman–Crippen LogP) is 2.86. The van der Waals surface area contributed by atoms with Crippen LogP contribution in [0.1, 0.15) is 38.4 Å². The van der Waals surface area contributed by atoms with Gasteiger partial charge in [-0.05, 0) is 56.5 Å². The molecule has 0 fully saturated rings. The van der Waals surface area contributed by atoms with Gasteiger partial charge in [0.25, 0.3) is 0 Å². The molecule has 0 saturated carbocycles. The fourth-order valence-electron chi connectivity index (χ4n) is 2.11. The molecule has 2 rings (SSSR count). The Hall–Kier alpha value is -2.10. The number of aromatic carboxylic acids is 1. The van der Waals surface area contributed by atoms with Gasteiger partial charge in [-0.25, -0.2) is 4.79 Å². The van der Waals surface area contributed by atoms with Crippen molar-refractivity contribution in [2.45, 2.75) is 34.2 Å². The molecule has 0 spiro atoms. The van der Waals surface area contributed by atoms with E-state index in [1.54, 1.807) is 12.1 Å².